The summed E-state index contributed by atoms with van der Waals surface area (Å²) in [5.41, 5.74) is 6.85. The number of likely N-dealkylation sites (N-methyl/N-ethyl adjacent to an activating group) is 1. The molecule has 0 radical (unpaired) electrons. The van der Waals surface area contributed by atoms with Crippen molar-refractivity contribution in [3.8, 4) is 0 Å². The minimum absolute atomic E-state index is 0.0606. The average molecular weight is 251 g/mol. The molecule has 5 nitrogen and oxygen atoms in total. The number of nitrogens with zero attached hydrogens (tertiary/aromatic N) is 2. The van der Waals surface area contributed by atoms with Crippen molar-refractivity contribution in [2.75, 3.05) is 25.9 Å². The summed E-state index contributed by atoms with van der Waals surface area (Å²) in [5.74, 6) is 0.173. The molecule has 1 aromatic rings. The maximum Gasteiger partial charge on any atom is 0.253 e. The summed E-state index contributed by atoms with van der Waals surface area (Å²) in [6, 6.07) is 3.32. The van der Waals surface area contributed by atoms with E-state index >= 15 is 0 Å². The van der Waals surface area contributed by atoms with Crippen LogP contribution in [-0.2, 0) is 5.41 Å². The van der Waals surface area contributed by atoms with Gasteiger partial charge >= 0.3 is 0 Å². The number of nitrogens with two attached hydrogens (primary N) is 1. The molecule has 1 heterocycles. The first-order chi connectivity index (χ1) is 8.25. The quantitative estimate of drug-likeness (QED) is 0.840. The van der Waals surface area contributed by atoms with Crippen LogP contribution >= 0.6 is 0 Å². The van der Waals surface area contributed by atoms with Gasteiger partial charge < -0.3 is 15.7 Å². The van der Waals surface area contributed by atoms with Crippen LogP contribution in [0.25, 0.3) is 0 Å². The first-order valence-corrected chi connectivity index (χ1v) is 5.90. The standard InChI is InChI=1S/C13H21N3O2/c1-13(2,3)10-7-9(8-11(14)15-10)12(18)16(4)5-6-17/h7-8,17H,5-6H2,1-4H3,(H2,14,15). The summed E-state index contributed by atoms with van der Waals surface area (Å²) in [7, 11) is 1.64. The summed E-state index contributed by atoms with van der Waals surface area (Å²) < 4.78 is 0. The predicted molar refractivity (Wildman–Crippen MR) is 71.4 cm³/mol. The molecular weight excluding hydrogens is 230 g/mol. The van der Waals surface area contributed by atoms with E-state index in [1.165, 1.54) is 4.90 Å². The molecule has 0 saturated carbocycles. The molecule has 0 spiro atoms. The van der Waals surface area contributed by atoms with Gasteiger partial charge in [-0.2, -0.15) is 0 Å². The molecule has 0 fully saturated rings. The first-order valence-electron chi connectivity index (χ1n) is 5.90. The van der Waals surface area contributed by atoms with Gasteiger partial charge in [0, 0.05) is 30.3 Å². The monoisotopic (exact) mass is 251 g/mol. The Morgan fingerprint density at radius 1 is 1.44 bits per heavy atom. The van der Waals surface area contributed by atoms with Gasteiger partial charge in [-0.25, -0.2) is 4.98 Å². The highest BCUT2D eigenvalue weighted by Crippen LogP contribution is 2.22. The van der Waals surface area contributed by atoms with Gasteiger partial charge in [0.25, 0.3) is 5.91 Å². The number of amides is 1. The Bertz CT molecular complexity index is 438. The second-order valence-electron chi connectivity index (χ2n) is 5.37. The van der Waals surface area contributed by atoms with Crippen LogP contribution in [0.3, 0.4) is 0 Å². The van der Waals surface area contributed by atoms with Crippen LogP contribution in [0.15, 0.2) is 12.1 Å². The van der Waals surface area contributed by atoms with E-state index in [1.807, 2.05) is 20.8 Å². The highest BCUT2D eigenvalue weighted by molar-refractivity contribution is 5.94. The predicted octanol–water partition coefficient (Wildman–Crippen LogP) is 1.03. The molecule has 0 bridgehead atoms. The Labute approximate surface area is 108 Å². The highest BCUT2D eigenvalue weighted by Gasteiger charge is 2.20. The number of hydrogen-bond donors (Lipinski definition) is 2. The smallest absolute Gasteiger partial charge is 0.253 e. The van der Waals surface area contributed by atoms with E-state index in [2.05, 4.69) is 4.98 Å². The summed E-state index contributed by atoms with van der Waals surface area (Å²) >= 11 is 0. The van der Waals surface area contributed by atoms with E-state index in [1.54, 1.807) is 19.2 Å². The van der Waals surface area contributed by atoms with Gasteiger partial charge in [0.1, 0.15) is 5.82 Å². The molecule has 3 N–H and O–H groups in total. The van der Waals surface area contributed by atoms with Gasteiger partial charge in [-0.1, -0.05) is 20.8 Å². The second kappa shape index (κ2) is 5.35. The van der Waals surface area contributed by atoms with Crippen molar-refractivity contribution in [2.45, 2.75) is 26.2 Å². The Morgan fingerprint density at radius 3 is 2.56 bits per heavy atom. The minimum atomic E-state index is -0.167. The zero-order valence-electron chi connectivity index (χ0n) is 11.4. The van der Waals surface area contributed by atoms with Gasteiger partial charge in [0.2, 0.25) is 0 Å². The van der Waals surface area contributed by atoms with E-state index in [4.69, 9.17) is 10.8 Å². The molecule has 1 amide bonds. The Morgan fingerprint density at radius 2 is 2.06 bits per heavy atom. The van der Waals surface area contributed by atoms with Crippen LogP contribution in [0, 0.1) is 0 Å². The van der Waals surface area contributed by atoms with E-state index < -0.39 is 0 Å². The number of aliphatic hydroxyl groups is 1. The van der Waals surface area contributed by atoms with Crippen LogP contribution in [0.1, 0.15) is 36.8 Å². The summed E-state index contributed by atoms with van der Waals surface area (Å²) in [6.07, 6.45) is 0. The summed E-state index contributed by atoms with van der Waals surface area (Å²) in [4.78, 5) is 17.8. The Balaban J connectivity index is 3.10. The maximum atomic E-state index is 12.1. The van der Waals surface area contributed by atoms with Gasteiger partial charge in [-0.15, -0.1) is 0 Å². The number of carbonyl (C=O) groups is 1. The minimum Gasteiger partial charge on any atom is -0.395 e. The largest absolute Gasteiger partial charge is 0.395 e. The third kappa shape index (κ3) is 3.43. The third-order valence-corrected chi connectivity index (χ3v) is 2.64. The van der Waals surface area contributed by atoms with Crippen molar-refractivity contribution in [2.24, 2.45) is 0 Å². The lowest BCUT2D eigenvalue weighted by Crippen LogP contribution is -2.30. The fraction of sp³-hybridized carbons (Fsp3) is 0.538. The molecule has 100 valence electrons. The molecule has 0 unspecified atom stereocenters. The van der Waals surface area contributed by atoms with Crippen LogP contribution < -0.4 is 5.73 Å². The lowest BCUT2D eigenvalue weighted by molar-refractivity contribution is 0.0766. The summed E-state index contributed by atoms with van der Waals surface area (Å²) in [5, 5.41) is 8.84. The van der Waals surface area contributed by atoms with Crippen molar-refractivity contribution in [3.63, 3.8) is 0 Å². The van der Waals surface area contributed by atoms with Gasteiger partial charge in [0.15, 0.2) is 0 Å². The van der Waals surface area contributed by atoms with Crippen molar-refractivity contribution in [1.29, 1.82) is 0 Å². The van der Waals surface area contributed by atoms with Crippen molar-refractivity contribution in [1.82, 2.24) is 9.88 Å². The van der Waals surface area contributed by atoms with Gasteiger partial charge in [-0.3, -0.25) is 4.79 Å². The molecule has 0 saturated heterocycles. The van der Waals surface area contributed by atoms with Crippen LogP contribution in [0.5, 0.6) is 0 Å². The Hall–Kier alpha value is -1.62. The second-order valence-corrected chi connectivity index (χ2v) is 5.37. The molecule has 1 rings (SSSR count). The number of rotatable bonds is 3. The maximum absolute atomic E-state index is 12.1. The molecule has 0 aliphatic carbocycles. The van der Waals surface area contributed by atoms with E-state index in [9.17, 15) is 4.79 Å². The summed E-state index contributed by atoms with van der Waals surface area (Å²) in [6.45, 7) is 6.28. The molecule has 0 aliphatic heterocycles. The molecule has 18 heavy (non-hydrogen) atoms. The molecule has 0 atom stereocenters. The number of nitrogen functional groups attached to an aromatic ring is 1. The van der Waals surface area contributed by atoms with Crippen LogP contribution in [0.4, 0.5) is 5.82 Å². The number of aliphatic hydroxyl groups excluding tert-OH is 1. The van der Waals surface area contributed by atoms with Crippen molar-refractivity contribution in [3.05, 3.63) is 23.4 Å². The number of pyridine rings is 1. The molecule has 0 aliphatic rings. The number of anilines is 1. The molecule has 0 aromatic carbocycles. The number of carbonyl (C=O) groups excluding carboxylic acids is 1. The van der Waals surface area contributed by atoms with Crippen LogP contribution in [-0.4, -0.2) is 41.1 Å². The average Bonchev–Trinajstić information content (AvgIpc) is 2.26. The number of aromatic nitrogens is 1. The van der Waals surface area contributed by atoms with E-state index in [0.717, 1.165) is 5.69 Å². The van der Waals surface area contributed by atoms with Crippen molar-refractivity contribution < 1.29 is 9.90 Å². The zero-order valence-corrected chi connectivity index (χ0v) is 11.4. The normalized spacial score (nSPS) is 11.4. The fourth-order valence-electron chi connectivity index (χ4n) is 1.53. The third-order valence-electron chi connectivity index (χ3n) is 2.64. The Kier molecular flexibility index (Phi) is 4.29. The van der Waals surface area contributed by atoms with Crippen molar-refractivity contribution >= 4 is 11.7 Å². The van der Waals surface area contributed by atoms with E-state index in [-0.39, 0.29) is 17.9 Å². The SMILES string of the molecule is CN(CCO)C(=O)c1cc(N)nc(C(C)(C)C)c1. The lowest BCUT2D eigenvalue weighted by Gasteiger charge is -2.21. The van der Waals surface area contributed by atoms with Gasteiger partial charge in [-0.05, 0) is 12.1 Å². The molecule has 5 heteroatoms. The van der Waals surface area contributed by atoms with E-state index in [0.29, 0.717) is 17.9 Å². The molecular formula is C13H21N3O2. The zero-order chi connectivity index (χ0) is 13.9. The highest BCUT2D eigenvalue weighted by atomic mass is 16.3. The molecule has 1 aromatic heterocycles. The van der Waals surface area contributed by atoms with Crippen LogP contribution in [0.2, 0.25) is 0 Å². The van der Waals surface area contributed by atoms with Gasteiger partial charge in [0.05, 0.1) is 6.61 Å². The number of hydrogen-bond acceptors (Lipinski definition) is 4. The fourth-order valence-corrected chi connectivity index (χ4v) is 1.53. The first kappa shape index (κ1) is 14.4. The topological polar surface area (TPSA) is 79.5 Å². The lowest BCUT2D eigenvalue weighted by atomic mass is 9.90.